The summed E-state index contributed by atoms with van der Waals surface area (Å²) >= 11 is 0. The summed E-state index contributed by atoms with van der Waals surface area (Å²) in [6.07, 6.45) is 3.71. The summed E-state index contributed by atoms with van der Waals surface area (Å²) in [5.74, 6) is -0.521. The van der Waals surface area contributed by atoms with Crippen molar-refractivity contribution in [3.63, 3.8) is 0 Å². The van der Waals surface area contributed by atoms with Gasteiger partial charge in [0, 0.05) is 17.7 Å². The van der Waals surface area contributed by atoms with Gasteiger partial charge in [-0.05, 0) is 25.5 Å². The van der Waals surface area contributed by atoms with E-state index in [4.69, 9.17) is 0 Å². The Hall–Kier alpha value is -1.64. The SMILES string of the molecule is CCC(C)NC(=O)C=Cc1ccccc1F. The van der Waals surface area contributed by atoms with Gasteiger partial charge >= 0.3 is 0 Å². The molecule has 0 fully saturated rings. The smallest absolute Gasteiger partial charge is 0.244 e. The Morgan fingerprint density at radius 2 is 2.19 bits per heavy atom. The molecule has 1 atom stereocenters. The number of carbonyl (C=O) groups excluding carboxylic acids is 1. The van der Waals surface area contributed by atoms with Crippen molar-refractivity contribution in [1.29, 1.82) is 0 Å². The van der Waals surface area contributed by atoms with Crippen LogP contribution in [0.4, 0.5) is 4.39 Å². The number of carbonyl (C=O) groups is 1. The lowest BCUT2D eigenvalue weighted by Gasteiger charge is -2.08. The number of halogens is 1. The van der Waals surface area contributed by atoms with Crippen LogP contribution in [0.15, 0.2) is 30.3 Å². The minimum absolute atomic E-state index is 0.137. The fraction of sp³-hybridized carbons (Fsp3) is 0.308. The van der Waals surface area contributed by atoms with Gasteiger partial charge in [-0.1, -0.05) is 25.1 Å². The van der Waals surface area contributed by atoms with Gasteiger partial charge in [0.15, 0.2) is 0 Å². The highest BCUT2D eigenvalue weighted by Crippen LogP contribution is 2.07. The zero-order valence-corrected chi connectivity index (χ0v) is 9.53. The van der Waals surface area contributed by atoms with E-state index in [1.165, 1.54) is 18.2 Å². The normalized spacial score (nSPS) is 12.7. The molecule has 1 aromatic carbocycles. The molecule has 1 aromatic rings. The van der Waals surface area contributed by atoms with Crippen LogP contribution in [0, 0.1) is 5.82 Å². The van der Waals surface area contributed by atoms with Crippen LogP contribution in [0.25, 0.3) is 6.08 Å². The van der Waals surface area contributed by atoms with Crippen LogP contribution in [-0.2, 0) is 4.79 Å². The Balaban J connectivity index is 2.60. The lowest BCUT2D eigenvalue weighted by Crippen LogP contribution is -2.30. The third-order valence-electron chi connectivity index (χ3n) is 2.32. The van der Waals surface area contributed by atoms with E-state index >= 15 is 0 Å². The zero-order valence-electron chi connectivity index (χ0n) is 9.53. The molecule has 0 saturated carbocycles. The van der Waals surface area contributed by atoms with E-state index in [-0.39, 0.29) is 17.8 Å². The summed E-state index contributed by atoms with van der Waals surface area (Å²) in [7, 11) is 0. The number of hydrogen-bond acceptors (Lipinski definition) is 1. The van der Waals surface area contributed by atoms with E-state index in [1.54, 1.807) is 18.2 Å². The molecular weight excluding hydrogens is 205 g/mol. The number of amides is 1. The van der Waals surface area contributed by atoms with Crippen LogP contribution in [-0.4, -0.2) is 11.9 Å². The minimum atomic E-state index is -0.324. The molecule has 1 amide bonds. The molecule has 0 spiro atoms. The number of hydrogen-bond donors (Lipinski definition) is 1. The molecule has 0 heterocycles. The molecule has 0 aliphatic carbocycles. The molecule has 0 aliphatic heterocycles. The molecule has 3 heteroatoms. The van der Waals surface area contributed by atoms with E-state index in [0.717, 1.165) is 6.42 Å². The largest absolute Gasteiger partial charge is 0.350 e. The number of rotatable bonds is 4. The van der Waals surface area contributed by atoms with Gasteiger partial charge in [-0.25, -0.2) is 4.39 Å². The highest BCUT2D eigenvalue weighted by molar-refractivity contribution is 5.91. The third-order valence-corrected chi connectivity index (χ3v) is 2.32. The maximum Gasteiger partial charge on any atom is 0.244 e. The Labute approximate surface area is 95.2 Å². The van der Waals surface area contributed by atoms with Crippen molar-refractivity contribution >= 4 is 12.0 Å². The quantitative estimate of drug-likeness (QED) is 0.778. The topological polar surface area (TPSA) is 29.1 Å². The van der Waals surface area contributed by atoms with E-state index < -0.39 is 0 Å². The zero-order chi connectivity index (χ0) is 12.0. The molecule has 16 heavy (non-hydrogen) atoms. The second-order valence-electron chi connectivity index (χ2n) is 3.67. The molecule has 1 N–H and O–H groups in total. The summed E-state index contributed by atoms with van der Waals surface area (Å²) in [4.78, 5) is 11.4. The molecule has 0 saturated heterocycles. The summed E-state index contributed by atoms with van der Waals surface area (Å²) in [5.41, 5.74) is 0.418. The van der Waals surface area contributed by atoms with Gasteiger partial charge in [-0.15, -0.1) is 0 Å². The van der Waals surface area contributed by atoms with Gasteiger partial charge in [-0.2, -0.15) is 0 Å². The van der Waals surface area contributed by atoms with Crippen molar-refractivity contribution < 1.29 is 9.18 Å². The monoisotopic (exact) mass is 221 g/mol. The lowest BCUT2D eigenvalue weighted by atomic mass is 10.2. The standard InChI is InChI=1S/C13H16FNO/c1-3-10(2)15-13(16)9-8-11-6-4-5-7-12(11)14/h4-10H,3H2,1-2H3,(H,15,16). The van der Waals surface area contributed by atoms with E-state index in [1.807, 2.05) is 13.8 Å². The number of nitrogens with one attached hydrogen (secondary N) is 1. The number of benzene rings is 1. The van der Waals surface area contributed by atoms with Crippen LogP contribution in [0.2, 0.25) is 0 Å². The fourth-order valence-corrected chi connectivity index (χ4v) is 1.17. The molecule has 2 nitrogen and oxygen atoms in total. The third kappa shape index (κ3) is 3.85. The lowest BCUT2D eigenvalue weighted by molar-refractivity contribution is -0.117. The molecule has 0 radical (unpaired) electrons. The van der Waals surface area contributed by atoms with Crippen molar-refractivity contribution in [3.8, 4) is 0 Å². The maximum absolute atomic E-state index is 13.2. The van der Waals surface area contributed by atoms with Gasteiger partial charge in [0.25, 0.3) is 0 Å². The Kier molecular flexibility index (Phi) is 4.70. The Morgan fingerprint density at radius 3 is 2.81 bits per heavy atom. The van der Waals surface area contributed by atoms with Crippen LogP contribution >= 0.6 is 0 Å². The molecule has 0 aliphatic rings. The average Bonchev–Trinajstić information content (AvgIpc) is 2.28. The van der Waals surface area contributed by atoms with Crippen LogP contribution in [0.3, 0.4) is 0 Å². The molecule has 1 unspecified atom stereocenters. The molecular formula is C13H16FNO. The first-order valence-corrected chi connectivity index (χ1v) is 5.36. The van der Waals surface area contributed by atoms with Crippen LogP contribution in [0.5, 0.6) is 0 Å². The van der Waals surface area contributed by atoms with Crippen molar-refractivity contribution in [1.82, 2.24) is 5.32 Å². The highest BCUT2D eigenvalue weighted by atomic mass is 19.1. The predicted octanol–water partition coefficient (Wildman–Crippen LogP) is 2.75. The summed E-state index contributed by atoms with van der Waals surface area (Å²) in [6.45, 7) is 3.92. The summed E-state index contributed by atoms with van der Waals surface area (Å²) < 4.78 is 13.2. The van der Waals surface area contributed by atoms with Crippen molar-refractivity contribution in [2.75, 3.05) is 0 Å². The Bertz CT molecular complexity index is 387. The van der Waals surface area contributed by atoms with Crippen molar-refractivity contribution in [2.24, 2.45) is 0 Å². The second-order valence-corrected chi connectivity index (χ2v) is 3.67. The first kappa shape index (κ1) is 12.4. The average molecular weight is 221 g/mol. The van der Waals surface area contributed by atoms with Gasteiger partial charge in [0.1, 0.15) is 5.82 Å². The second kappa shape index (κ2) is 6.05. The van der Waals surface area contributed by atoms with E-state index in [9.17, 15) is 9.18 Å². The summed E-state index contributed by atoms with van der Waals surface area (Å²) in [6, 6.07) is 6.48. The fourth-order valence-electron chi connectivity index (χ4n) is 1.17. The van der Waals surface area contributed by atoms with E-state index in [0.29, 0.717) is 5.56 Å². The van der Waals surface area contributed by atoms with Crippen molar-refractivity contribution in [2.45, 2.75) is 26.3 Å². The highest BCUT2D eigenvalue weighted by Gasteiger charge is 2.01. The van der Waals surface area contributed by atoms with E-state index in [2.05, 4.69) is 5.32 Å². The van der Waals surface area contributed by atoms with Crippen molar-refractivity contribution in [3.05, 3.63) is 41.7 Å². The molecule has 0 bridgehead atoms. The molecule has 1 rings (SSSR count). The van der Waals surface area contributed by atoms with Gasteiger partial charge in [0.05, 0.1) is 0 Å². The van der Waals surface area contributed by atoms with Gasteiger partial charge in [0.2, 0.25) is 5.91 Å². The maximum atomic E-state index is 13.2. The first-order valence-electron chi connectivity index (χ1n) is 5.36. The predicted molar refractivity (Wildman–Crippen MR) is 63.3 cm³/mol. The first-order chi connectivity index (χ1) is 7.63. The summed E-state index contributed by atoms with van der Waals surface area (Å²) in [5, 5.41) is 2.77. The van der Waals surface area contributed by atoms with Crippen LogP contribution in [0.1, 0.15) is 25.8 Å². The molecule has 86 valence electrons. The van der Waals surface area contributed by atoms with Gasteiger partial charge < -0.3 is 5.32 Å². The van der Waals surface area contributed by atoms with Gasteiger partial charge in [-0.3, -0.25) is 4.79 Å². The molecule has 0 aromatic heterocycles. The van der Waals surface area contributed by atoms with Crippen LogP contribution < -0.4 is 5.32 Å². The minimum Gasteiger partial charge on any atom is -0.350 e. The Morgan fingerprint density at radius 1 is 1.50 bits per heavy atom.